The first kappa shape index (κ1) is 14.3. The highest BCUT2D eigenvalue weighted by Crippen LogP contribution is 2.44. The second kappa shape index (κ2) is 5.70. The van der Waals surface area contributed by atoms with Gasteiger partial charge in [-0.3, -0.25) is 5.01 Å². The molecule has 0 aliphatic carbocycles. The van der Waals surface area contributed by atoms with Crippen molar-refractivity contribution >= 4 is 33.0 Å². The molecule has 2 aromatic rings. The van der Waals surface area contributed by atoms with Crippen LogP contribution in [-0.4, -0.2) is 16.9 Å². The fourth-order valence-electron chi connectivity index (χ4n) is 3.16. The van der Waals surface area contributed by atoms with Crippen LogP contribution >= 0.6 is 27.3 Å². The number of hydrazone groups is 1. The number of fused-ring (bicyclic) bond motifs is 3. The molecule has 3 heterocycles. The van der Waals surface area contributed by atoms with Gasteiger partial charge in [-0.1, -0.05) is 35.3 Å². The fourth-order valence-corrected chi connectivity index (χ4v) is 4.26. The third-order valence-electron chi connectivity index (χ3n) is 4.17. The van der Waals surface area contributed by atoms with Gasteiger partial charge in [-0.15, -0.1) is 11.3 Å². The maximum Gasteiger partial charge on any atom is 0.187 e. The van der Waals surface area contributed by atoms with Crippen molar-refractivity contribution < 1.29 is 4.74 Å². The van der Waals surface area contributed by atoms with Crippen molar-refractivity contribution in [2.75, 3.05) is 0 Å². The van der Waals surface area contributed by atoms with Gasteiger partial charge >= 0.3 is 0 Å². The van der Waals surface area contributed by atoms with E-state index >= 15 is 0 Å². The smallest absolute Gasteiger partial charge is 0.187 e. The minimum Gasteiger partial charge on any atom is -0.469 e. The molecule has 0 N–H and O–H groups in total. The Balaban J connectivity index is 1.74. The van der Waals surface area contributed by atoms with Crippen LogP contribution in [0, 0.1) is 0 Å². The molecule has 2 atom stereocenters. The summed E-state index contributed by atoms with van der Waals surface area (Å²) in [5.41, 5.74) is 2.41. The molecule has 5 heteroatoms. The van der Waals surface area contributed by atoms with E-state index in [-0.39, 0.29) is 12.3 Å². The topological polar surface area (TPSA) is 24.8 Å². The van der Waals surface area contributed by atoms with Crippen molar-refractivity contribution in [3.63, 3.8) is 0 Å². The van der Waals surface area contributed by atoms with Crippen LogP contribution in [0.25, 0.3) is 0 Å². The summed E-state index contributed by atoms with van der Waals surface area (Å²) >= 11 is 5.33. The Labute approximate surface area is 142 Å². The standard InChI is InChI=1S/C17H17BrN2OS/c1-2-4-17-20-14(10-13(19-20)16-5-3-8-22-16)12-9-11(18)6-7-15(12)21-17/h3,5-9,14,17H,2,4,10H2,1H3/t14-,17-/m0/s1. The molecule has 114 valence electrons. The van der Waals surface area contributed by atoms with E-state index in [0.29, 0.717) is 0 Å². The van der Waals surface area contributed by atoms with Crippen LogP contribution in [0.4, 0.5) is 0 Å². The summed E-state index contributed by atoms with van der Waals surface area (Å²) in [5.74, 6) is 1.01. The van der Waals surface area contributed by atoms with Crippen LogP contribution in [-0.2, 0) is 0 Å². The molecule has 0 radical (unpaired) electrons. The number of rotatable bonds is 3. The monoisotopic (exact) mass is 376 g/mol. The van der Waals surface area contributed by atoms with E-state index in [4.69, 9.17) is 9.84 Å². The second-order valence-electron chi connectivity index (χ2n) is 5.67. The number of thiophene rings is 1. The largest absolute Gasteiger partial charge is 0.469 e. The predicted octanol–water partition coefficient (Wildman–Crippen LogP) is 5.18. The van der Waals surface area contributed by atoms with Gasteiger partial charge in [0.2, 0.25) is 0 Å². The summed E-state index contributed by atoms with van der Waals surface area (Å²) in [4.78, 5) is 1.26. The Morgan fingerprint density at radius 2 is 2.32 bits per heavy atom. The molecule has 4 rings (SSSR count). The Bertz CT molecular complexity index is 713. The van der Waals surface area contributed by atoms with Gasteiger partial charge in [-0.25, -0.2) is 0 Å². The first-order valence-electron chi connectivity index (χ1n) is 7.62. The molecule has 22 heavy (non-hydrogen) atoms. The Morgan fingerprint density at radius 3 is 3.09 bits per heavy atom. The van der Waals surface area contributed by atoms with Crippen molar-refractivity contribution in [2.45, 2.75) is 38.5 Å². The minimum atomic E-state index is 0.0427. The van der Waals surface area contributed by atoms with Crippen LogP contribution in [0.1, 0.15) is 42.7 Å². The van der Waals surface area contributed by atoms with Crippen LogP contribution in [0.3, 0.4) is 0 Å². The Kier molecular flexibility index (Phi) is 3.70. The van der Waals surface area contributed by atoms with Gasteiger partial charge in [0, 0.05) is 22.9 Å². The molecule has 1 aromatic heterocycles. The van der Waals surface area contributed by atoms with Crippen molar-refractivity contribution in [1.29, 1.82) is 0 Å². The van der Waals surface area contributed by atoms with Crippen molar-refractivity contribution in [3.8, 4) is 5.75 Å². The summed E-state index contributed by atoms with van der Waals surface area (Å²) in [7, 11) is 0. The highest BCUT2D eigenvalue weighted by Gasteiger charge is 2.39. The molecule has 1 aromatic carbocycles. The lowest BCUT2D eigenvalue weighted by atomic mass is 9.98. The van der Waals surface area contributed by atoms with Crippen LogP contribution in [0.5, 0.6) is 5.75 Å². The van der Waals surface area contributed by atoms with Crippen molar-refractivity contribution in [1.82, 2.24) is 5.01 Å². The van der Waals surface area contributed by atoms with Gasteiger partial charge in [-0.2, -0.15) is 5.10 Å². The zero-order valence-electron chi connectivity index (χ0n) is 12.3. The molecule has 0 bridgehead atoms. The zero-order valence-corrected chi connectivity index (χ0v) is 14.7. The molecule has 0 unspecified atom stereocenters. The minimum absolute atomic E-state index is 0.0427. The van der Waals surface area contributed by atoms with Gasteiger partial charge in [0.15, 0.2) is 6.23 Å². The Morgan fingerprint density at radius 1 is 1.41 bits per heavy atom. The lowest BCUT2D eigenvalue weighted by molar-refractivity contribution is -0.0223. The normalized spacial score (nSPS) is 22.8. The second-order valence-corrected chi connectivity index (χ2v) is 7.53. The zero-order chi connectivity index (χ0) is 15.1. The summed E-state index contributed by atoms with van der Waals surface area (Å²) < 4.78 is 7.30. The van der Waals surface area contributed by atoms with Crippen LogP contribution < -0.4 is 4.74 Å². The average molecular weight is 377 g/mol. The highest BCUT2D eigenvalue weighted by molar-refractivity contribution is 9.10. The molecule has 2 aliphatic heterocycles. The predicted molar refractivity (Wildman–Crippen MR) is 93.5 cm³/mol. The van der Waals surface area contributed by atoms with E-state index in [0.717, 1.165) is 29.5 Å². The first-order chi connectivity index (χ1) is 10.8. The number of halogens is 1. The molecule has 3 nitrogen and oxygen atoms in total. The molecular weight excluding hydrogens is 360 g/mol. The molecule has 0 saturated heterocycles. The van der Waals surface area contributed by atoms with Crippen molar-refractivity contribution in [2.24, 2.45) is 5.10 Å². The summed E-state index contributed by atoms with van der Waals surface area (Å²) in [5, 5.41) is 9.19. The van der Waals surface area contributed by atoms with E-state index < -0.39 is 0 Å². The molecule has 0 fully saturated rings. The Hall–Kier alpha value is -1.33. The van der Waals surface area contributed by atoms with Crippen molar-refractivity contribution in [3.05, 3.63) is 50.6 Å². The van der Waals surface area contributed by atoms with Gasteiger partial charge in [0.25, 0.3) is 0 Å². The van der Waals surface area contributed by atoms with E-state index in [1.165, 1.54) is 16.2 Å². The van der Waals surface area contributed by atoms with E-state index in [1.807, 2.05) is 6.07 Å². The van der Waals surface area contributed by atoms with Gasteiger partial charge in [-0.05, 0) is 29.6 Å². The third-order valence-corrected chi connectivity index (χ3v) is 5.58. The van der Waals surface area contributed by atoms with Crippen LogP contribution in [0.2, 0.25) is 0 Å². The van der Waals surface area contributed by atoms with Crippen LogP contribution in [0.15, 0.2) is 45.3 Å². The maximum atomic E-state index is 6.21. The number of hydrogen-bond acceptors (Lipinski definition) is 4. The SMILES string of the molecule is CCC[C@@H]1Oc2ccc(Br)cc2[C@@H]2CC(c3cccs3)=NN12. The highest BCUT2D eigenvalue weighted by atomic mass is 79.9. The number of hydrogen-bond donors (Lipinski definition) is 0. The maximum absolute atomic E-state index is 6.21. The quantitative estimate of drug-likeness (QED) is 0.736. The van der Waals surface area contributed by atoms with Gasteiger partial charge in [0.05, 0.1) is 16.6 Å². The molecular formula is C17H17BrN2OS. The third kappa shape index (κ3) is 2.36. The van der Waals surface area contributed by atoms with Gasteiger partial charge < -0.3 is 4.74 Å². The van der Waals surface area contributed by atoms with E-state index in [9.17, 15) is 0 Å². The van der Waals surface area contributed by atoms with E-state index in [1.54, 1.807) is 11.3 Å². The fraction of sp³-hybridized carbons (Fsp3) is 0.353. The molecule has 0 spiro atoms. The number of benzene rings is 1. The molecule has 0 saturated carbocycles. The number of ether oxygens (including phenoxy) is 1. The first-order valence-corrected chi connectivity index (χ1v) is 9.29. The summed E-state index contributed by atoms with van der Waals surface area (Å²) in [6.45, 7) is 2.19. The molecule has 2 aliphatic rings. The van der Waals surface area contributed by atoms with E-state index in [2.05, 4.69) is 57.5 Å². The lowest BCUT2D eigenvalue weighted by Gasteiger charge is -2.38. The molecule has 0 amide bonds. The van der Waals surface area contributed by atoms with Gasteiger partial charge in [0.1, 0.15) is 5.75 Å². The summed E-state index contributed by atoms with van der Waals surface area (Å²) in [6, 6.07) is 10.8. The average Bonchev–Trinajstić information content (AvgIpc) is 3.17. The summed E-state index contributed by atoms with van der Waals surface area (Å²) in [6.07, 6.45) is 3.07. The number of nitrogens with zero attached hydrogens (tertiary/aromatic N) is 2. The lowest BCUT2D eigenvalue weighted by Crippen LogP contribution is -2.40.